The van der Waals surface area contributed by atoms with E-state index in [1.165, 1.54) is 18.2 Å². The van der Waals surface area contributed by atoms with Crippen molar-refractivity contribution in [2.24, 2.45) is 0 Å². The Labute approximate surface area is 130 Å². The maximum Gasteiger partial charge on any atom is 0.416 e. The molecule has 0 aliphatic heterocycles. The van der Waals surface area contributed by atoms with Gasteiger partial charge in [0, 0.05) is 12.2 Å². The maximum absolute atomic E-state index is 13.4. The van der Waals surface area contributed by atoms with E-state index in [4.69, 9.17) is 0 Å². The number of urea groups is 1. The first-order chi connectivity index (χ1) is 10.9. The second-order valence-electron chi connectivity index (χ2n) is 4.80. The van der Waals surface area contributed by atoms with Crippen LogP contribution < -0.4 is 10.6 Å². The monoisotopic (exact) mass is 326 g/mol. The molecule has 0 atom stereocenters. The van der Waals surface area contributed by atoms with Gasteiger partial charge in [0.25, 0.3) is 0 Å². The predicted molar refractivity (Wildman–Crippen MR) is 78.6 cm³/mol. The third kappa shape index (κ3) is 4.98. The van der Waals surface area contributed by atoms with E-state index in [0.29, 0.717) is 5.56 Å². The summed E-state index contributed by atoms with van der Waals surface area (Å²) < 4.78 is 51.1. The minimum Gasteiger partial charge on any atom is -0.338 e. The first-order valence-electron chi connectivity index (χ1n) is 6.82. The standard InChI is InChI=1S/C16H14F4N2O/c17-14-7-2-1-4-11(14)8-9-21-15(23)22-13-6-3-5-12(10-13)16(18,19)20/h1-7,10H,8-9H2,(H2,21,22,23). The molecule has 0 saturated carbocycles. The third-order valence-corrected chi connectivity index (χ3v) is 3.09. The zero-order valence-electron chi connectivity index (χ0n) is 12.0. The number of rotatable bonds is 4. The molecule has 0 spiro atoms. The number of carbonyl (C=O) groups excluding carboxylic acids is 1. The van der Waals surface area contributed by atoms with E-state index in [0.717, 1.165) is 12.1 Å². The van der Waals surface area contributed by atoms with Crippen LogP contribution in [0.4, 0.5) is 28.0 Å². The zero-order valence-corrected chi connectivity index (χ0v) is 12.0. The van der Waals surface area contributed by atoms with Gasteiger partial charge in [0.15, 0.2) is 0 Å². The SMILES string of the molecule is O=C(NCCc1ccccc1F)Nc1cccc(C(F)(F)F)c1. The van der Waals surface area contributed by atoms with Crippen molar-refractivity contribution in [3.8, 4) is 0 Å². The minimum absolute atomic E-state index is 0.0308. The van der Waals surface area contributed by atoms with Crippen LogP contribution >= 0.6 is 0 Å². The minimum atomic E-state index is -4.47. The Hall–Kier alpha value is -2.57. The lowest BCUT2D eigenvalue weighted by Gasteiger charge is -2.11. The average molecular weight is 326 g/mol. The molecule has 0 heterocycles. The lowest BCUT2D eigenvalue weighted by molar-refractivity contribution is -0.137. The number of nitrogens with one attached hydrogen (secondary N) is 2. The molecule has 0 bridgehead atoms. The fraction of sp³-hybridized carbons (Fsp3) is 0.188. The highest BCUT2D eigenvalue weighted by molar-refractivity contribution is 5.89. The smallest absolute Gasteiger partial charge is 0.338 e. The number of amides is 2. The number of carbonyl (C=O) groups is 1. The van der Waals surface area contributed by atoms with Gasteiger partial charge in [-0.3, -0.25) is 0 Å². The normalized spacial score (nSPS) is 11.1. The number of anilines is 1. The van der Waals surface area contributed by atoms with Crippen LogP contribution in [0.2, 0.25) is 0 Å². The van der Waals surface area contributed by atoms with E-state index in [1.807, 2.05) is 0 Å². The molecular weight excluding hydrogens is 312 g/mol. The zero-order chi connectivity index (χ0) is 16.9. The van der Waals surface area contributed by atoms with Gasteiger partial charge < -0.3 is 10.6 Å². The summed E-state index contributed by atoms with van der Waals surface area (Å²) in [4.78, 5) is 11.7. The first-order valence-corrected chi connectivity index (χ1v) is 6.82. The van der Waals surface area contributed by atoms with Crippen molar-refractivity contribution in [1.29, 1.82) is 0 Å². The van der Waals surface area contributed by atoms with E-state index < -0.39 is 17.8 Å². The van der Waals surface area contributed by atoms with Crippen LogP contribution in [0.3, 0.4) is 0 Å². The molecule has 0 aliphatic rings. The molecule has 2 amide bonds. The quantitative estimate of drug-likeness (QED) is 0.812. The summed E-state index contributed by atoms with van der Waals surface area (Å²) in [5, 5.41) is 4.78. The van der Waals surface area contributed by atoms with E-state index in [1.54, 1.807) is 18.2 Å². The molecule has 2 N–H and O–H groups in total. The largest absolute Gasteiger partial charge is 0.416 e. The summed E-state index contributed by atoms with van der Waals surface area (Å²) in [5.41, 5.74) is -0.364. The van der Waals surface area contributed by atoms with Crippen LogP contribution in [0, 0.1) is 5.82 Å². The van der Waals surface area contributed by atoms with Gasteiger partial charge in [-0.2, -0.15) is 13.2 Å². The maximum atomic E-state index is 13.4. The molecule has 23 heavy (non-hydrogen) atoms. The second kappa shape index (κ2) is 7.13. The molecule has 7 heteroatoms. The van der Waals surface area contributed by atoms with E-state index in [9.17, 15) is 22.4 Å². The molecule has 2 rings (SSSR count). The molecule has 3 nitrogen and oxygen atoms in total. The van der Waals surface area contributed by atoms with Gasteiger partial charge in [-0.15, -0.1) is 0 Å². The second-order valence-corrected chi connectivity index (χ2v) is 4.80. The number of hydrogen-bond acceptors (Lipinski definition) is 1. The Bertz CT molecular complexity index is 686. The van der Waals surface area contributed by atoms with Crippen molar-refractivity contribution < 1.29 is 22.4 Å². The van der Waals surface area contributed by atoms with Crippen molar-refractivity contribution in [1.82, 2.24) is 5.32 Å². The number of benzene rings is 2. The summed E-state index contributed by atoms with van der Waals surface area (Å²) in [7, 11) is 0. The Morgan fingerprint density at radius 1 is 1.04 bits per heavy atom. The lowest BCUT2D eigenvalue weighted by Crippen LogP contribution is -2.30. The topological polar surface area (TPSA) is 41.1 Å². The fourth-order valence-corrected chi connectivity index (χ4v) is 1.96. The average Bonchev–Trinajstić information content (AvgIpc) is 2.48. The van der Waals surface area contributed by atoms with Gasteiger partial charge >= 0.3 is 12.2 Å². The van der Waals surface area contributed by atoms with Gasteiger partial charge in [-0.1, -0.05) is 24.3 Å². The summed E-state index contributed by atoms with van der Waals surface area (Å²) >= 11 is 0. The molecular formula is C16H14F4N2O. The molecule has 0 saturated heterocycles. The van der Waals surface area contributed by atoms with Crippen LogP contribution in [0.15, 0.2) is 48.5 Å². The summed E-state index contributed by atoms with van der Waals surface area (Å²) in [6, 6.07) is 9.83. The molecule has 0 aliphatic carbocycles. The highest BCUT2D eigenvalue weighted by Crippen LogP contribution is 2.30. The Morgan fingerprint density at radius 3 is 2.48 bits per heavy atom. The first kappa shape index (κ1) is 16.8. The van der Waals surface area contributed by atoms with E-state index in [-0.39, 0.29) is 24.5 Å². The molecule has 0 aromatic heterocycles. The molecule has 0 unspecified atom stereocenters. The summed E-state index contributed by atoms with van der Waals surface area (Å²) in [6.45, 7) is 0.158. The van der Waals surface area contributed by atoms with E-state index in [2.05, 4.69) is 10.6 Å². The highest BCUT2D eigenvalue weighted by Gasteiger charge is 2.30. The molecule has 122 valence electrons. The van der Waals surface area contributed by atoms with Crippen LogP contribution in [0.25, 0.3) is 0 Å². The Balaban J connectivity index is 1.87. The Kier molecular flexibility index (Phi) is 5.20. The Morgan fingerprint density at radius 2 is 1.78 bits per heavy atom. The van der Waals surface area contributed by atoms with Crippen molar-refractivity contribution >= 4 is 11.7 Å². The van der Waals surface area contributed by atoms with Crippen LogP contribution in [-0.4, -0.2) is 12.6 Å². The van der Waals surface area contributed by atoms with Crippen molar-refractivity contribution in [3.05, 3.63) is 65.5 Å². The van der Waals surface area contributed by atoms with Crippen molar-refractivity contribution in [2.45, 2.75) is 12.6 Å². The van der Waals surface area contributed by atoms with Gasteiger partial charge in [-0.05, 0) is 36.2 Å². The van der Waals surface area contributed by atoms with E-state index >= 15 is 0 Å². The van der Waals surface area contributed by atoms with Crippen LogP contribution in [-0.2, 0) is 12.6 Å². The van der Waals surface area contributed by atoms with Crippen LogP contribution in [0.1, 0.15) is 11.1 Å². The van der Waals surface area contributed by atoms with Gasteiger partial charge in [-0.25, -0.2) is 9.18 Å². The number of halogens is 4. The predicted octanol–water partition coefficient (Wildman–Crippen LogP) is 4.21. The van der Waals surface area contributed by atoms with Gasteiger partial charge in [0.2, 0.25) is 0 Å². The lowest BCUT2D eigenvalue weighted by atomic mass is 10.1. The van der Waals surface area contributed by atoms with Gasteiger partial charge in [0.05, 0.1) is 5.56 Å². The molecule has 2 aromatic rings. The molecule has 2 aromatic carbocycles. The van der Waals surface area contributed by atoms with Crippen molar-refractivity contribution in [3.63, 3.8) is 0 Å². The highest BCUT2D eigenvalue weighted by atomic mass is 19.4. The van der Waals surface area contributed by atoms with Gasteiger partial charge in [0.1, 0.15) is 5.82 Å². The molecule has 0 fully saturated rings. The van der Waals surface area contributed by atoms with Crippen LogP contribution in [0.5, 0.6) is 0 Å². The fourth-order valence-electron chi connectivity index (χ4n) is 1.96. The summed E-state index contributed by atoms with van der Waals surface area (Å²) in [5.74, 6) is -0.368. The molecule has 0 radical (unpaired) electrons. The van der Waals surface area contributed by atoms with Crippen molar-refractivity contribution in [2.75, 3.05) is 11.9 Å². The number of hydrogen-bond donors (Lipinski definition) is 2. The third-order valence-electron chi connectivity index (χ3n) is 3.09. The number of alkyl halides is 3. The summed E-state index contributed by atoms with van der Waals surface area (Å²) in [6.07, 6.45) is -4.19.